The van der Waals surface area contributed by atoms with Gasteiger partial charge < -0.3 is 0 Å². The van der Waals surface area contributed by atoms with Gasteiger partial charge in [-0.2, -0.15) is 5.10 Å². The fourth-order valence-corrected chi connectivity index (χ4v) is 0.961. The SMILES string of the molecule is CCCCc1n[nH]c(CCl)n1. The molecule has 0 aromatic carbocycles. The van der Waals surface area contributed by atoms with Crippen LogP contribution in [0.4, 0.5) is 0 Å². The summed E-state index contributed by atoms with van der Waals surface area (Å²) in [4.78, 5) is 4.17. The Morgan fingerprint density at radius 3 is 2.91 bits per heavy atom. The molecular weight excluding hydrogens is 162 g/mol. The van der Waals surface area contributed by atoms with Gasteiger partial charge in [-0.25, -0.2) is 4.98 Å². The van der Waals surface area contributed by atoms with Gasteiger partial charge in [0.1, 0.15) is 5.82 Å². The number of nitrogens with zero attached hydrogens (tertiary/aromatic N) is 2. The monoisotopic (exact) mass is 173 g/mol. The normalized spacial score (nSPS) is 10.4. The second-order valence-corrected chi connectivity index (χ2v) is 2.70. The number of alkyl halides is 1. The summed E-state index contributed by atoms with van der Waals surface area (Å²) in [6, 6.07) is 0. The minimum Gasteiger partial charge on any atom is -0.262 e. The minimum atomic E-state index is 0.416. The highest BCUT2D eigenvalue weighted by Crippen LogP contribution is 2.00. The number of H-pyrrole nitrogens is 1. The largest absolute Gasteiger partial charge is 0.262 e. The molecule has 11 heavy (non-hydrogen) atoms. The van der Waals surface area contributed by atoms with Crippen molar-refractivity contribution < 1.29 is 0 Å². The van der Waals surface area contributed by atoms with Gasteiger partial charge in [-0.05, 0) is 6.42 Å². The summed E-state index contributed by atoms with van der Waals surface area (Å²) in [6.07, 6.45) is 3.26. The first-order valence-electron chi connectivity index (χ1n) is 3.83. The third-order valence-electron chi connectivity index (χ3n) is 1.46. The van der Waals surface area contributed by atoms with Gasteiger partial charge in [-0.3, -0.25) is 5.10 Å². The summed E-state index contributed by atoms with van der Waals surface area (Å²) in [5.74, 6) is 2.05. The molecule has 0 saturated heterocycles. The number of halogens is 1. The van der Waals surface area contributed by atoms with E-state index in [1.807, 2.05) is 0 Å². The van der Waals surface area contributed by atoms with Crippen molar-refractivity contribution in [1.82, 2.24) is 15.2 Å². The van der Waals surface area contributed by atoms with Crippen molar-refractivity contribution >= 4 is 11.6 Å². The summed E-state index contributed by atoms with van der Waals surface area (Å²) in [6.45, 7) is 2.15. The molecule has 1 heterocycles. The maximum atomic E-state index is 5.54. The van der Waals surface area contributed by atoms with Crippen molar-refractivity contribution in [2.75, 3.05) is 0 Å². The second kappa shape index (κ2) is 4.34. The second-order valence-electron chi connectivity index (χ2n) is 2.44. The highest BCUT2D eigenvalue weighted by Gasteiger charge is 1.99. The molecule has 62 valence electrons. The number of unbranched alkanes of at least 4 members (excludes halogenated alkanes) is 1. The van der Waals surface area contributed by atoms with Gasteiger partial charge in [0.05, 0.1) is 5.88 Å². The Balaban J connectivity index is 2.44. The van der Waals surface area contributed by atoms with E-state index < -0.39 is 0 Å². The van der Waals surface area contributed by atoms with E-state index in [-0.39, 0.29) is 0 Å². The predicted molar refractivity (Wildman–Crippen MR) is 44.6 cm³/mol. The van der Waals surface area contributed by atoms with Gasteiger partial charge in [-0.15, -0.1) is 11.6 Å². The van der Waals surface area contributed by atoms with Crippen molar-refractivity contribution in [3.63, 3.8) is 0 Å². The fourth-order valence-electron chi connectivity index (χ4n) is 0.841. The molecule has 0 unspecified atom stereocenters. The lowest BCUT2D eigenvalue weighted by Crippen LogP contribution is -1.87. The topological polar surface area (TPSA) is 41.6 Å². The van der Waals surface area contributed by atoms with Crippen LogP contribution in [0.2, 0.25) is 0 Å². The zero-order chi connectivity index (χ0) is 8.10. The Kier molecular flexibility index (Phi) is 3.36. The minimum absolute atomic E-state index is 0.416. The Morgan fingerprint density at radius 2 is 2.36 bits per heavy atom. The van der Waals surface area contributed by atoms with Gasteiger partial charge in [0.2, 0.25) is 0 Å². The fraction of sp³-hybridized carbons (Fsp3) is 0.714. The molecule has 1 N–H and O–H groups in total. The summed E-state index contributed by atoms with van der Waals surface area (Å²) < 4.78 is 0. The van der Waals surface area contributed by atoms with Crippen molar-refractivity contribution in [3.05, 3.63) is 11.6 Å². The van der Waals surface area contributed by atoms with Gasteiger partial charge in [-0.1, -0.05) is 13.3 Å². The first kappa shape index (κ1) is 8.53. The molecule has 0 fully saturated rings. The van der Waals surface area contributed by atoms with Gasteiger partial charge in [0.25, 0.3) is 0 Å². The van der Waals surface area contributed by atoms with Crippen LogP contribution in [0.25, 0.3) is 0 Å². The number of hydrogen-bond acceptors (Lipinski definition) is 2. The molecule has 0 saturated carbocycles. The molecular formula is C7H12ClN3. The standard InChI is InChI=1S/C7H12ClN3/c1-2-3-4-6-9-7(5-8)11-10-6/h2-5H2,1H3,(H,9,10,11). The van der Waals surface area contributed by atoms with E-state index in [9.17, 15) is 0 Å². The van der Waals surface area contributed by atoms with E-state index >= 15 is 0 Å². The molecule has 1 rings (SSSR count). The maximum Gasteiger partial charge on any atom is 0.150 e. The number of aromatic amines is 1. The summed E-state index contributed by atoms with van der Waals surface area (Å²) >= 11 is 5.54. The van der Waals surface area contributed by atoms with Gasteiger partial charge in [0, 0.05) is 6.42 Å². The van der Waals surface area contributed by atoms with E-state index in [1.54, 1.807) is 0 Å². The van der Waals surface area contributed by atoms with Gasteiger partial charge >= 0.3 is 0 Å². The number of aromatic nitrogens is 3. The molecule has 0 aliphatic rings. The van der Waals surface area contributed by atoms with Crippen molar-refractivity contribution in [3.8, 4) is 0 Å². The van der Waals surface area contributed by atoms with Crippen LogP contribution in [0.5, 0.6) is 0 Å². The Labute approximate surface area is 71.2 Å². The molecule has 4 heteroatoms. The molecule has 0 radical (unpaired) electrons. The molecule has 1 aromatic rings. The Bertz CT molecular complexity index is 209. The predicted octanol–water partition coefficient (Wildman–Crippen LogP) is 1.89. The van der Waals surface area contributed by atoms with Crippen molar-refractivity contribution in [2.24, 2.45) is 0 Å². The summed E-state index contributed by atoms with van der Waals surface area (Å²) in [5.41, 5.74) is 0. The van der Waals surface area contributed by atoms with E-state index in [1.165, 1.54) is 6.42 Å². The molecule has 3 nitrogen and oxygen atoms in total. The van der Waals surface area contributed by atoms with Crippen molar-refractivity contribution in [2.45, 2.75) is 32.1 Å². The van der Waals surface area contributed by atoms with Crippen LogP contribution in [0.1, 0.15) is 31.4 Å². The number of nitrogens with one attached hydrogen (secondary N) is 1. The maximum absolute atomic E-state index is 5.54. The van der Waals surface area contributed by atoms with Crippen LogP contribution < -0.4 is 0 Å². The third-order valence-corrected chi connectivity index (χ3v) is 1.71. The van der Waals surface area contributed by atoms with Gasteiger partial charge in [0.15, 0.2) is 5.82 Å². The zero-order valence-corrected chi connectivity index (χ0v) is 7.36. The zero-order valence-electron chi connectivity index (χ0n) is 6.60. The van der Waals surface area contributed by atoms with Crippen LogP contribution in [0.3, 0.4) is 0 Å². The molecule has 0 atom stereocenters. The molecule has 0 amide bonds. The first-order chi connectivity index (χ1) is 5.36. The molecule has 0 spiro atoms. The van der Waals surface area contributed by atoms with Crippen LogP contribution in [0, 0.1) is 0 Å². The lowest BCUT2D eigenvalue weighted by atomic mass is 10.2. The van der Waals surface area contributed by atoms with Crippen LogP contribution in [-0.4, -0.2) is 15.2 Å². The quantitative estimate of drug-likeness (QED) is 0.707. The summed E-state index contributed by atoms with van der Waals surface area (Å²) in [5, 5.41) is 6.78. The number of rotatable bonds is 4. The highest BCUT2D eigenvalue weighted by molar-refractivity contribution is 6.16. The average Bonchev–Trinajstić information content (AvgIpc) is 2.48. The van der Waals surface area contributed by atoms with Crippen LogP contribution in [-0.2, 0) is 12.3 Å². The number of hydrogen-bond donors (Lipinski definition) is 1. The molecule has 0 aliphatic heterocycles. The Hall–Kier alpha value is -0.570. The lowest BCUT2D eigenvalue weighted by molar-refractivity contribution is 0.755. The Morgan fingerprint density at radius 1 is 1.55 bits per heavy atom. The van der Waals surface area contributed by atoms with Crippen molar-refractivity contribution in [1.29, 1.82) is 0 Å². The first-order valence-corrected chi connectivity index (χ1v) is 4.36. The molecule has 0 bridgehead atoms. The third kappa shape index (κ3) is 2.50. The van der Waals surface area contributed by atoms with E-state index in [0.29, 0.717) is 5.88 Å². The van der Waals surface area contributed by atoms with E-state index in [0.717, 1.165) is 24.5 Å². The van der Waals surface area contributed by atoms with E-state index in [2.05, 4.69) is 22.1 Å². The summed E-state index contributed by atoms with van der Waals surface area (Å²) in [7, 11) is 0. The number of aryl methyl sites for hydroxylation is 1. The van der Waals surface area contributed by atoms with Crippen LogP contribution in [0.15, 0.2) is 0 Å². The average molecular weight is 174 g/mol. The highest BCUT2D eigenvalue weighted by atomic mass is 35.5. The molecule has 1 aromatic heterocycles. The lowest BCUT2D eigenvalue weighted by Gasteiger charge is -1.88. The molecule has 0 aliphatic carbocycles. The van der Waals surface area contributed by atoms with E-state index in [4.69, 9.17) is 11.6 Å². The smallest absolute Gasteiger partial charge is 0.150 e. The van der Waals surface area contributed by atoms with Crippen LogP contribution >= 0.6 is 11.6 Å².